The number of aryl methyl sites for hydroxylation is 1. The van der Waals surface area contributed by atoms with Crippen LogP contribution in [0.1, 0.15) is 49.6 Å². The number of nitrogens with zero attached hydrogens (tertiary/aromatic N) is 5. The van der Waals surface area contributed by atoms with Gasteiger partial charge in [0.15, 0.2) is 5.65 Å². The summed E-state index contributed by atoms with van der Waals surface area (Å²) in [5.41, 5.74) is 5.19. The molecule has 5 rings (SSSR count). The summed E-state index contributed by atoms with van der Waals surface area (Å²) in [6.45, 7) is 10.2. The summed E-state index contributed by atoms with van der Waals surface area (Å²) in [6.07, 6.45) is 6.44. The monoisotopic (exact) mass is 432 g/mol. The highest BCUT2D eigenvalue weighted by Gasteiger charge is 2.16. The van der Waals surface area contributed by atoms with Gasteiger partial charge in [-0.05, 0) is 56.8 Å². The predicted molar refractivity (Wildman–Crippen MR) is 128 cm³/mol. The van der Waals surface area contributed by atoms with Crippen molar-refractivity contribution in [1.82, 2.24) is 29.3 Å². The topological polar surface area (TPSA) is 83.6 Å². The first-order valence-corrected chi connectivity index (χ1v) is 11.6. The minimum atomic E-state index is 0.355. The van der Waals surface area contributed by atoms with E-state index in [1.807, 2.05) is 22.8 Å². The van der Waals surface area contributed by atoms with E-state index in [4.69, 9.17) is 9.97 Å². The first-order chi connectivity index (χ1) is 15.6. The van der Waals surface area contributed by atoms with E-state index in [0.717, 1.165) is 53.8 Å². The molecule has 1 fully saturated rings. The normalized spacial score (nSPS) is 15.1. The summed E-state index contributed by atoms with van der Waals surface area (Å²) in [5, 5.41) is 15.2. The van der Waals surface area contributed by atoms with Gasteiger partial charge >= 0.3 is 0 Å². The van der Waals surface area contributed by atoms with Crippen LogP contribution in [0, 0.1) is 12.8 Å². The standard InChI is InChI=1S/C24H32N8/c1-16(2)20-14-28-32-23(27-13-19-15-31-17(3)5-4-6-22(31)29-19)11-21(30-24(20)32)26-12-18-7-9-25-10-8-18/h4-6,11,14-16,18,25,27H,7-10,12-13H2,1-3H3,(H,26,30). The van der Waals surface area contributed by atoms with Gasteiger partial charge in [0.2, 0.25) is 0 Å². The molecule has 0 aromatic carbocycles. The summed E-state index contributed by atoms with van der Waals surface area (Å²) in [7, 11) is 0. The molecular weight excluding hydrogens is 400 g/mol. The van der Waals surface area contributed by atoms with E-state index in [1.54, 1.807) is 0 Å². The van der Waals surface area contributed by atoms with Crippen LogP contribution in [0.3, 0.4) is 0 Å². The molecule has 0 bridgehead atoms. The number of aromatic nitrogens is 5. The molecule has 0 spiro atoms. The molecule has 1 aliphatic rings. The molecule has 0 atom stereocenters. The van der Waals surface area contributed by atoms with Crippen molar-refractivity contribution in [3.05, 3.63) is 53.6 Å². The summed E-state index contributed by atoms with van der Waals surface area (Å²) in [4.78, 5) is 9.67. The molecule has 5 heterocycles. The van der Waals surface area contributed by atoms with Gasteiger partial charge in [-0.2, -0.15) is 9.61 Å². The average Bonchev–Trinajstić information content (AvgIpc) is 3.42. The second-order valence-corrected chi connectivity index (χ2v) is 9.07. The lowest BCUT2D eigenvalue weighted by molar-refractivity contribution is 0.389. The number of hydrogen-bond acceptors (Lipinski definition) is 6. The Morgan fingerprint density at radius 2 is 2.00 bits per heavy atom. The maximum atomic E-state index is 4.92. The van der Waals surface area contributed by atoms with E-state index in [1.165, 1.54) is 18.5 Å². The van der Waals surface area contributed by atoms with Crippen LogP contribution in [0.15, 0.2) is 36.7 Å². The molecule has 0 saturated carbocycles. The molecule has 0 aliphatic carbocycles. The molecule has 0 amide bonds. The maximum Gasteiger partial charge on any atom is 0.163 e. The van der Waals surface area contributed by atoms with Crippen LogP contribution >= 0.6 is 0 Å². The van der Waals surface area contributed by atoms with Gasteiger partial charge in [0.25, 0.3) is 0 Å². The van der Waals surface area contributed by atoms with Crippen LogP contribution in [-0.4, -0.2) is 43.6 Å². The molecule has 8 heteroatoms. The quantitative estimate of drug-likeness (QED) is 0.412. The molecule has 168 valence electrons. The molecule has 0 radical (unpaired) electrons. The van der Waals surface area contributed by atoms with Crippen molar-refractivity contribution in [1.29, 1.82) is 0 Å². The van der Waals surface area contributed by atoms with Crippen LogP contribution in [0.5, 0.6) is 0 Å². The van der Waals surface area contributed by atoms with Gasteiger partial charge in [-0.15, -0.1) is 0 Å². The minimum Gasteiger partial charge on any atom is -0.370 e. The van der Waals surface area contributed by atoms with E-state index in [9.17, 15) is 0 Å². The molecule has 3 N–H and O–H groups in total. The SMILES string of the molecule is Cc1cccc2nc(CNc3cc(NCC4CCNCC4)nc4c(C(C)C)cnn34)cn12. The zero-order chi connectivity index (χ0) is 22.1. The van der Waals surface area contributed by atoms with Crippen molar-refractivity contribution in [2.75, 3.05) is 30.3 Å². The zero-order valence-electron chi connectivity index (χ0n) is 19.1. The Labute approximate surface area is 188 Å². The highest BCUT2D eigenvalue weighted by Crippen LogP contribution is 2.25. The van der Waals surface area contributed by atoms with Gasteiger partial charge in [-0.3, -0.25) is 0 Å². The molecule has 32 heavy (non-hydrogen) atoms. The number of hydrogen-bond donors (Lipinski definition) is 3. The third kappa shape index (κ3) is 4.14. The summed E-state index contributed by atoms with van der Waals surface area (Å²) in [6, 6.07) is 8.23. The summed E-state index contributed by atoms with van der Waals surface area (Å²) >= 11 is 0. The third-order valence-electron chi connectivity index (χ3n) is 6.35. The van der Waals surface area contributed by atoms with Gasteiger partial charge in [0.05, 0.1) is 18.4 Å². The zero-order valence-corrected chi connectivity index (χ0v) is 19.1. The van der Waals surface area contributed by atoms with Crippen LogP contribution in [0.2, 0.25) is 0 Å². The number of anilines is 2. The third-order valence-corrected chi connectivity index (χ3v) is 6.35. The van der Waals surface area contributed by atoms with Crippen LogP contribution in [-0.2, 0) is 6.54 Å². The van der Waals surface area contributed by atoms with Crippen molar-refractivity contribution in [2.24, 2.45) is 5.92 Å². The number of nitrogens with one attached hydrogen (secondary N) is 3. The highest BCUT2D eigenvalue weighted by atomic mass is 15.3. The van der Waals surface area contributed by atoms with E-state index in [-0.39, 0.29) is 0 Å². The lowest BCUT2D eigenvalue weighted by atomic mass is 9.98. The molecule has 4 aromatic heterocycles. The first-order valence-electron chi connectivity index (χ1n) is 11.6. The second kappa shape index (κ2) is 8.78. The Morgan fingerprint density at radius 1 is 1.16 bits per heavy atom. The van der Waals surface area contributed by atoms with Gasteiger partial charge in [0.1, 0.15) is 17.3 Å². The number of rotatable bonds is 7. The average molecular weight is 433 g/mol. The minimum absolute atomic E-state index is 0.355. The fourth-order valence-corrected chi connectivity index (χ4v) is 4.40. The number of fused-ring (bicyclic) bond motifs is 2. The number of imidazole rings is 1. The second-order valence-electron chi connectivity index (χ2n) is 9.07. The van der Waals surface area contributed by atoms with Gasteiger partial charge in [-0.1, -0.05) is 19.9 Å². The smallest absolute Gasteiger partial charge is 0.163 e. The Kier molecular flexibility index (Phi) is 5.70. The molecule has 4 aromatic rings. The maximum absolute atomic E-state index is 4.92. The van der Waals surface area contributed by atoms with Crippen molar-refractivity contribution in [2.45, 2.75) is 46.1 Å². The van der Waals surface area contributed by atoms with Gasteiger partial charge < -0.3 is 20.4 Å². The number of pyridine rings is 1. The Morgan fingerprint density at radius 3 is 2.78 bits per heavy atom. The number of piperidine rings is 1. The Bertz CT molecular complexity index is 1220. The van der Waals surface area contributed by atoms with Crippen molar-refractivity contribution < 1.29 is 0 Å². The fourth-order valence-electron chi connectivity index (χ4n) is 4.40. The van der Waals surface area contributed by atoms with Crippen LogP contribution in [0.25, 0.3) is 11.3 Å². The summed E-state index contributed by atoms with van der Waals surface area (Å²) in [5.74, 6) is 2.85. The van der Waals surface area contributed by atoms with E-state index in [2.05, 4.69) is 64.6 Å². The largest absolute Gasteiger partial charge is 0.370 e. The first kappa shape index (κ1) is 20.8. The molecule has 1 aliphatic heterocycles. The van der Waals surface area contributed by atoms with Crippen molar-refractivity contribution in [3.63, 3.8) is 0 Å². The van der Waals surface area contributed by atoms with Crippen molar-refractivity contribution >= 4 is 22.9 Å². The van der Waals surface area contributed by atoms with Crippen molar-refractivity contribution in [3.8, 4) is 0 Å². The Balaban J connectivity index is 1.41. The highest BCUT2D eigenvalue weighted by molar-refractivity contribution is 5.61. The van der Waals surface area contributed by atoms with Gasteiger partial charge in [0, 0.05) is 30.1 Å². The molecule has 1 saturated heterocycles. The molecule has 0 unspecified atom stereocenters. The fraction of sp³-hybridized carbons (Fsp3) is 0.458. The predicted octanol–water partition coefficient (Wildman–Crippen LogP) is 3.83. The lowest BCUT2D eigenvalue weighted by Crippen LogP contribution is -2.31. The van der Waals surface area contributed by atoms with E-state index in [0.29, 0.717) is 18.4 Å². The van der Waals surface area contributed by atoms with Crippen LogP contribution in [0.4, 0.5) is 11.6 Å². The molecular formula is C24H32N8. The Hall–Kier alpha value is -3.13. The van der Waals surface area contributed by atoms with Crippen LogP contribution < -0.4 is 16.0 Å². The van der Waals surface area contributed by atoms with Gasteiger partial charge in [-0.25, -0.2) is 9.97 Å². The van der Waals surface area contributed by atoms with E-state index < -0.39 is 0 Å². The van der Waals surface area contributed by atoms with E-state index >= 15 is 0 Å². The molecule has 8 nitrogen and oxygen atoms in total. The lowest BCUT2D eigenvalue weighted by Gasteiger charge is -2.23. The summed E-state index contributed by atoms with van der Waals surface area (Å²) < 4.78 is 4.03.